The Balaban J connectivity index is 1.73. The zero-order chi connectivity index (χ0) is 16.9. The third-order valence-electron chi connectivity index (χ3n) is 4.07. The van der Waals surface area contributed by atoms with Crippen LogP contribution in [-0.4, -0.2) is 28.8 Å². The number of carbonyl (C=O) groups excluding carboxylic acids is 1. The summed E-state index contributed by atoms with van der Waals surface area (Å²) < 4.78 is 5.32. The van der Waals surface area contributed by atoms with Crippen LogP contribution in [0.25, 0.3) is 0 Å². The number of carbonyl (C=O) groups is 1. The Morgan fingerprint density at radius 2 is 1.87 bits per heavy atom. The van der Waals surface area contributed by atoms with Gasteiger partial charge in [0.25, 0.3) is 0 Å². The third-order valence-corrected chi connectivity index (χ3v) is 4.07. The van der Waals surface area contributed by atoms with Crippen molar-refractivity contribution in [2.45, 2.75) is 77.1 Å². The highest BCUT2D eigenvalue weighted by atomic mass is 16.6. The Hall–Kier alpha value is -1.62. The van der Waals surface area contributed by atoms with Gasteiger partial charge in [-0.05, 0) is 65.5 Å². The summed E-state index contributed by atoms with van der Waals surface area (Å²) >= 11 is 0. The fourth-order valence-electron chi connectivity index (χ4n) is 2.95. The Kier molecular flexibility index (Phi) is 5.99. The van der Waals surface area contributed by atoms with E-state index in [1.165, 1.54) is 0 Å². The molecule has 23 heavy (non-hydrogen) atoms. The zero-order valence-electron chi connectivity index (χ0n) is 14.6. The summed E-state index contributed by atoms with van der Waals surface area (Å²) in [5, 5.41) is 6.62. The minimum absolute atomic E-state index is 0.216. The molecule has 2 N–H and O–H groups in total. The molecule has 1 heterocycles. The first kappa shape index (κ1) is 17.7. The minimum Gasteiger partial charge on any atom is -0.444 e. The Morgan fingerprint density at radius 3 is 2.43 bits per heavy atom. The predicted octanol–water partition coefficient (Wildman–Crippen LogP) is 3.57. The number of hydrogen-bond donors (Lipinski definition) is 2. The summed E-state index contributed by atoms with van der Waals surface area (Å²) in [7, 11) is 0. The molecule has 0 radical (unpaired) electrons. The number of amides is 1. The Labute approximate surface area is 139 Å². The van der Waals surface area contributed by atoms with Crippen molar-refractivity contribution in [3.05, 3.63) is 30.1 Å². The fraction of sp³-hybridized carbons (Fsp3) is 0.667. The molecule has 0 saturated heterocycles. The minimum atomic E-state index is -0.443. The highest BCUT2D eigenvalue weighted by Crippen LogP contribution is 2.22. The van der Waals surface area contributed by atoms with E-state index < -0.39 is 5.60 Å². The predicted molar refractivity (Wildman–Crippen MR) is 91.2 cm³/mol. The molecule has 1 aromatic heterocycles. The van der Waals surface area contributed by atoms with E-state index in [2.05, 4.69) is 22.5 Å². The summed E-state index contributed by atoms with van der Waals surface area (Å²) in [4.78, 5) is 16.2. The molecule has 5 nitrogen and oxygen atoms in total. The SMILES string of the molecule is CC(NC1CCC(NC(=O)OC(C)(C)C)CC1)c1ccccn1. The van der Waals surface area contributed by atoms with E-state index in [-0.39, 0.29) is 18.2 Å². The molecule has 1 aliphatic rings. The lowest BCUT2D eigenvalue weighted by atomic mass is 9.90. The second kappa shape index (κ2) is 7.77. The average Bonchev–Trinajstić information content (AvgIpc) is 2.48. The van der Waals surface area contributed by atoms with E-state index in [1.54, 1.807) is 0 Å². The van der Waals surface area contributed by atoms with Crippen molar-refractivity contribution in [2.24, 2.45) is 0 Å². The maximum atomic E-state index is 11.8. The van der Waals surface area contributed by atoms with Crippen molar-refractivity contribution < 1.29 is 9.53 Å². The van der Waals surface area contributed by atoms with E-state index in [0.29, 0.717) is 6.04 Å². The average molecular weight is 319 g/mol. The van der Waals surface area contributed by atoms with Crippen LogP contribution in [0.2, 0.25) is 0 Å². The van der Waals surface area contributed by atoms with Gasteiger partial charge in [0.05, 0.1) is 5.69 Å². The van der Waals surface area contributed by atoms with E-state index in [4.69, 9.17) is 4.74 Å². The largest absolute Gasteiger partial charge is 0.444 e. The third kappa shape index (κ3) is 6.18. The van der Waals surface area contributed by atoms with Crippen molar-refractivity contribution >= 4 is 6.09 Å². The van der Waals surface area contributed by atoms with E-state index in [1.807, 2.05) is 45.2 Å². The van der Waals surface area contributed by atoms with Gasteiger partial charge >= 0.3 is 6.09 Å². The molecule has 1 aromatic rings. The molecule has 1 unspecified atom stereocenters. The van der Waals surface area contributed by atoms with Crippen LogP contribution in [0.4, 0.5) is 4.79 Å². The summed E-state index contributed by atoms with van der Waals surface area (Å²) in [5.74, 6) is 0. The highest BCUT2D eigenvalue weighted by Gasteiger charge is 2.25. The van der Waals surface area contributed by atoms with Gasteiger partial charge in [-0.1, -0.05) is 6.07 Å². The Morgan fingerprint density at radius 1 is 1.22 bits per heavy atom. The molecule has 1 amide bonds. The lowest BCUT2D eigenvalue weighted by molar-refractivity contribution is 0.0489. The molecule has 0 aromatic carbocycles. The van der Waals surface area contributed by atoms with Crippen LogP contribution in [0.1, 0.15) is 65.1 Å². The van der Waals surface area contributed by atoms with Gasteiger partial charge < -0.3 is 15.4 Å². The molecule has 1 fully saturated rings. The first-order valence-corrected chi connectivity index (χ1v) is 8.50. The zero-order valence-corrected chi connectivity index (χ0v) is 14.6. The van der Waals surface area contributed by atoms with E-state index in [0.717, 1.165) is 31.4 Å². The number of alkyl carbamates (subject to hydrolysis) is 1. The van der Waals surface area contributed by atoms with Gasteiger partial charge in [0.1, 0.15) is 5.60 Å². The second-order valence-corrected chi connectivity index (χ2v) is 7.34. The molecule has 0 spiro atoms. The maximum Gasteiger partial charge on any atom is 0.407 e. The molecule has 128 valence electrons. The van der Waals surface area contributed by atoms with Crippen molar-refractivity contribution in [3.8, 4) is 0 Å². The number of aromatic nitrogens is 1. The molecule has 1 atom stereocenters. The molecular weight excluding hydrogens is 290 g/mol. The molecule has 2 rings (SSSR count). The Bertz CT molecular complexity index is 491. The van der Waals surface area contributed by atoms with Gasteiger partial charge in [0.2, 0.25) is 0 Å². The van der Waals surface area contributed by atoms with E-state index in [9.17, 15) is 4.79 Å². The molecule has 5 heteroatoms. The molecule has 1 saturated carbocycles. The number of ether oxygens (including phenoxy) is 1. The van der Waals surface area contributed by atoms with Crippen LogP contribution in [-0.2, 0) is 4.74 Å². The van der Waals surface area contributed by atoms with Crippen LogP contribution in [0.3, 0.4) is 0 Å². The molecule has 1 aliphatic carbocycles. The van der Waals surface area contributed by atoms with Crippen molar-refractivity contribution in [3.63, 3.8) is 0 Å². The number of pyridine rings is 1. The summed E-state index contributed by atoms with van der Waals surface area (Å²) in [5.41, 5.74) is 0.627. The van der Waals surface area contributed by atoms with Crippen LogP contribution in [0, 0.1) is 0 Å². The fourth-order valence-corrected chi connectivity index (χ4v) is 2.95. The standard InChI is InChI=1S/C18H29N3O2/c1-13(16-7-5-6-12-19-16)20-14-8-10-15(11-9-14)21-17(22)23-18(2,3)4/h5-7,12-15,20H,8-11H2,1-4H3,(H,21,22). The van der Waals surface area contributed by atoms with Crippen LogP contribution < -0.4 is 10.6 Å². The monoisotopic (exact) mass is 319 g/mol. The summed E-state index contributed by atoms with van der Waals surface area (Å²) in [6.07, 6.45) is 5.58. The van der Waals surface area contributed by atoms with Crippen molar-refractivity contribution in [1.82, 2.24) is 15.6 Å². The van der Waals surface area contributed by atoms with Crippen LogP contribution >= 0.6 is 0 Å². The second-order valence-electron chi connectivity index (χ2n) is 7.34. The lowest BCUT2D eigenvalue weighted by Gasteiger charge is -2.32. The first-order chi connectivity index (χ1) is 10.8. The molecule has 0 aliphatic heterocycles. The van der Waals surface area contributed by atoms with Gasteiger partial charge in [-0.3, -0.25) is 4.98 Å². The van der Waals surface area contributed by atoms with Gasteiger partial charge in [0.15, 0.2) is 0 Å². The topological polar surface area (TPSA) is 63.2 Å². The summed E-state index contributed by atoms with van der Waals surface area (Å²) in [6, 6.07) is 6.94. The number of hydrogen-bond acceptors (Lipinski definition) is 4. The van der Waals surface area contributed by atoms with Crippen LogP contribution in [0.15, 0.2) is 24.4 Å². The smallest absolute Gasteiger partial charge is 0.407 e. The maximum absolute atomic E-state index is 11.8. The van der Waals surface area contributed by atoms with Gasteiger partial charge in [-0.2, -0.15) is 0 Å². The van der Waals surface area contributed by atoms with E-state index >= 15 is 0 Å². The normalized spacial score (nSPS) is 23.1. The van der Waals surface area contributed by atoms with Crippen LogP contribution in [0.5, 0.6) is 0 Å². The molecule has 0 bridgehead atoms. The van der Waals surface area contributed by atoms with Gasteiger partial charge in [-0.25, -0.2) is 4.79 Å². The number of nitrogens with zero attached hydrogens (tertiary/aromatic N) is 1. The first-order valence-electron chi connectivity index (χ1n) is 8.50. The van der Waals surface area contributed by atoms with Gasteiger partial charge in [0, 0.05) is 24.3 Å². The summed E-state index contributed by atoms with van der Waals surface area (Å²) in [6.45, 7) is 7.79. The lowest BCUT2D eigenvalue weighted by Crippen LogP contribution is -2.44. The number of rotatable bonds is 4. The number of nitrogens with one attached hydrogen (secondary N) is 2. The van der Waals surface area contributed by atoms with Crippen molar-refractivity contribution in [1.29, 1.82) is 0 Å². The molecular formula is C18H29N3O2. The van der Waals surface area contributed by atoms with Crippen molar-refractivity contribution in [2.75, 3.05) is 0 Å². The van der Waals surface area contributed by atoms with Gasteiger partial charge in [-0.15, -0.1) is 0 Å². The quantitative estimate of drug-likeness (QED) is 0.890. The highest BCUT2D eigenvalue weighted by molar-refractivity contribution is 5.68.